The van der Waals surface area contributed by atoms with E-state index in [9.17, 15) is 8.78 Å². The molecule has 0 bridgehead atoms. The van der Waals surface area contributed by atoms with Gasteiger partial charge in [0.25, 0.3) is 0 Å². The maximum Gasteiger partial charge on any atom is 0.123 e. The van der Waals surface area contributed by atoms with Crippen LogP contribution in [0.5, 0.6) is 0 Å². The maximum absolute atomic E-state index is 14.0. The molecule has 0 aliphatic carbocycles. The highest BCUT2D eigenvalue weighted by atomic mass is 19.1. The van der Waals surface area contributed by atoms with Crippen molar-refractivity contribution in [2.75, 3.05) is 13.1 Å². The highest BCUT2D eigenvalue weighted by molar-refractivity contribution is 5.32. The Hall–Kier alpha value is -3.48. The van der Waals surface area contributed by atoms with Gasteiger partial charge in [0.1, 0.15) is 11.6 Å². The molecule has 5 rings (SSSR count). The molecule has 0 spiro atoms. The van der Waals surface area contributed by atoms with E-state index in [1.165, 1.54) is 28.8 Å². The second-order valence-corrected chi connectivity index (χ2v) is 9.49. The second-order valence-electron chi connectivity index (χ2n) is 9.49. The first-order chi connectivity index (χ1) is 17.6. The lowest BCUT2D eigenvalue weighted by Crippen LogP contribution is -2.45. The molecule has 0 fully saturated rings. The van der Waals surface area contributed by atoms with Crippen LogP contribution in [0.2, 0.25) is 0 Å². The molecule has 0 saturated carbocycles. The molecule has 1 aliphatic heterocycles. The molecule has 0 radical (unpaired) electrons. The van der Waals surface area contributed by atoms with Crippen LogP contribution < -0.4 is 0 Å². The van der Waals surface area contributed by atoms with E-state index in [2.05, 4.69) is 44.0 Å². The Balaban J connectivity index is 1.34. The third-order valence-electron chi connectivity index (χ3n) is 6.91. The van der Waals surface area contributed by atoms with Gasteiger partial charge in [0.2, 0.25) is 0 Å². The number of hydrogen-bond donors (Lipinski definition) is 0. The van der Waals surface area contributed by atoms with Crippen LogP contribution in [-0.2, 0) is 32.5 Å². The van der Waals surface area contributed by atoms with E-state index in [1.54, 1.807) is 12.1 Å². The van der Waals surface area contributed by atoms with E-state index < -0.39 is 0 Å². The summed E-state index contributed by atoms with van der Waals surface area (Å²) in [7, 11) is 0. The monoisotopic (exact) mass is 484 g/mol. The Morgan fingerprint density at radius 1 is 0.722 bits per heavy atom. The van der Waals surface area contributed by atoms with Crippen LogP contribution in [0.25, 0.3) is 0 Å². The first-order valence-electron chi connectivity index (χ1n) is 12.4. The highest BCUT2D eigenvalue weighted by Crippen LogP contribution is 2.26. The van der Waals surface area contributed by atoms with Crippen molar-refractivity contribution in [1.82, 2.24) is 19.8 Å². The number of aromatic nitrogens is 2. The normalized spacial score (nSPS) is 15.7. The Morgan fingerprint density at radius 3 is 1.97 bits per heavy atom. The molecule has 1 atom stereocenters. The zero-order valence-electron chi connectivity index (χ0n) is 20.2. The second kappa shape index (κ2) is 11.5. The molecule has 6 heteroatoms. The van der Waals surface area contributed by atoms with Gasteiger partial charge < -0.3 is 0 Å². The van der Waals surface area contributed by atoms with Gasteiger partial charge in [-0.3, -0.25) is 19.8 Å². The van der Waals surface area contributed by atoms with E-state index in [-0.39, 0.29) is 17.7 Å². The van der Waals surface area contributed by atoms with Crippen LogP contribution >= 0.6 is 0 Å². The number of halogens is 2. The number of rotatable bonds is 9. The minimum absolute atomic E-state index is 0.191. The van der Waals surface area contributed by atoms with E-state index in [0.29, 0.717) is 0 Å². The Kier molecular flexibility index (Phi) is 7.74. The standard InChI is InChI=1S/C30H30F2N4/c31-28-4-1-23(2-5-28)17-30-19-27-18-29(32)6-3-26(27)22-36(30)16-15-35(20-24-7-11-33-12-8-24)21-25-9-13-34-14-10-25/h1-14,18,30H,15-17,19-22H2. The van der Waals surface area contributed by atoms with E-state index in [1.807, 2.05) is 43.0 Å². The van der Waals surface area contributed by atoms with Crippen molar-refractivity contribution < 1.29 is 8.78 Å². The Labute approximate surface area is 211 Å². The third-order valence-corrected chi connectivity index (χ3v) is 6.91. The summed E-state index contributed by atoms with van der Waals surface area (Å²) in [5.74, 6) is -0.418. The fourth-order valence-corrected chi connectivity index (χ4v) is 5.00. The first kappa shape index (κ1) is 24.2. The summed E-state index contributed by atoms with van der Waals surface area (Å²) in [4.78, 5) is 13.2. The van der Waals surface area contributed by atoms with E-state index in [0.717, 1.165) is 56.7 Å². The summed E-state index contributed by atoms with van der Waals surface area (Å²) in [6.07, 6.45) is 8.90. The van der Waals surface area contributed by atoms with Gasteiger partial charge in [-0.05, 0) is 89.2 Å². The molecule has 2 aromatic carbocycles. The lowest BCUT2D eigenvalue weighted by atomic mass is 9.90. The SMILES string of the molecule is Fc1ccc(CC2Cc3cc(F)ccc3CN2CCN(Cc2ccncc2)Cc2ccncc2)cc1. The van der Waals surface area contributed by atoms with Crippen LogP contribution in [-0.4, -0.2) is 38.9 Å². The van der Waals surface area contributed by atoms with Crippen molar-refractivity contribution in [3.8, 4) is 0 Å². The average Bonchev–Trinajstić information content (AvgIpc) is 2.90. The smallest absolute Gasteiger partial charge is 0.123 e. The first-order valence-corrected chi connectivity index (χ1v) is 12.4. The van der Waals surface area contributed by atoms with Gasteiger partial charge in [0.15, 0.2) is 0 Å². The summed E-state index contributed by atoms with van der Waals surface area (Å²) in [5, 5.41) is 0. The van der Waals surface area contributed by atoms with Crippen molar-refractivity contribution in [3.63, 3.8) is 0 Å². The molecule has 184 valence electrons. The van der Waals surface area contributed by atoms with Gasteiger partial charge in [-0.2, -0.15) is 0 Å². The largest absolute Gasteiger partial charge is 0.294 e. The van der Waals surface area contributed by atoms with Crippen LogP contribution in [0.3, 0.4) is 0 Å². The predicted octanol–water partition coefficient (Wildman–Crippen LogP) is 5.43. The van der Waals surface area contributed by atoms with Crippen molar-refractivity contribution >= 4 is 0 Å². The molecule has 1 unspecified atom stereocenters. The molecule has 0 N–H and O–H groups in total. The average molecular weight is 485 g/mol. The molecule has 4 nitrogen and oxygen atoms in total. The van der Waals surface area contributed by atoms with Gasteiger partial charge in [-0.25, -0.2) is 8.78 Å². The lowest BCUT2D eigenvalue weighted by molar-refractivity contribution is 0.135. The maximum atomic E-state index is 14.0. The van der Waals surface area contributed by atoms with Gasteiger partial charge >= 0.3 is 0 Å². The third kappa shape index (κ3) is 6.39. The van der Waals surface area contributed by atoms with Crippen LogP contribution in [0.1, 0.15) is 27.8 Å². The van der Waals surface area contributed by atoms with Gasteiger partial charge in [0.05, 0.1) is 0 Å². The van der Waals surface area contributed by atoms with Gasteiger partial charge in [0, 0.05) is 63.6 Å². The molecule has 0 saturated heterocycles. The number of nitrogens with zero attached hydrogens (tertiary/aromatic N) is 4. The Morgan fingerprint density at radius 2 is 1.33 bits per heavy atom. The quantitative estimate of drug-likeness (QED) is 0.317. The zero-order chi connectivity index (χ0) is 24.7. The molecule has 0 amide bonds. The zero-order valence-corrected chi connectivity index (χ0v) is 20.2. The summed E-state index contributed by atoms with van der Waals surface area (Å²) >= 11 is 0. The van der Waals surface area contributed by atoms with Crippen molar-refractivity contribution in [2.45, 2.75) is 38.5 Å². The fourth-order valence-electron chi connectivity index (χ4n) is 5.00. The van der Waals surface area contributed by atoms with Crippen LogP contribution in [0.4, 0.5) is 8.78 Å². The van der Waals surface area contributed by atoms with Crippen LogP contribution in [0.15, 0.2) is 91.5 Å². The van der Waals surface area contributed by atoms with Gasteiger partial charge in [-0.1, -0.05) is 18.2 Å². The minimum atomic E-state index is -0.227. The minimum Gasteiger partial charge on any atom is -0.294 e. The highest BCUT2D eigenvalue weighted by Gasteiger charge is 2.27. The number of fused-ring (bicyclic) bond motifs is 1. The molecule has 2 aromatic heterocycles. The van der Waals surface area contributed by atoms with Crippen molar-refractivity contribution in [3.05, 3.63) is 131 Å². The number of hydrogen-bond acceptors (Lipinski definition) is 4. The van der Waals surface area contributed by atoms with Gasteiger partial charge in [-0.15, -0.1) is 0 Å². The molecule has 36 heavy (non-hydrogen) atoms. The van der Waals surface area contributed by atoms with E-state index in [4.69, 9.17) is 0 Å². The topological polar surface area (TPSA) is 32.3 Å². The molecule has 1 aliphatic rings. The fraction of sp³-hybridized carbons (Fsp3) is 0.267. The predicted molar refractivity (Wildman–Crippen MR) is 137 cm³/mol. The summed E-state index contributed by atoms with van der Waals surface area (Å²) in [6, 6.07) is 20.3. The number of pyridine rings is 2. The summed E-state index contributed by atoms with van der Waals surface area (Å²) in [6.45, 7) is 4.17. The molecule has 3 heterocycles. The van der Waals surface area contributed by atoms with Crippen molar-refractivity contribution in [1.29, 1.82) is 0 Å². The lowest BCUT2D eigenvalue weighted by Gasteiger charge is -2.38. The molecular formula is C30H30F2N4. The molecular weight excluding hydrogens is 454 g/mol. The number of benzene rings is 2. The summed E-state index contributed by atoms with van der Waals surface area (Å²) in [5.41, 5.74) is 5.80. The summed E-state index contributed by atoms with van der Waals surface area (Å²) < 4.78 is 27.5. The van der Waals surface area contributed by atoms with E-state index >= 15 is 0 Å². The van der Waals surface area contributed by atoms with Crippen molar-refractivity contribution in [2.24, 2.45) is 0 Å². The van der Waals surface area contributed by atoms with Crippen LogP contribution in [0, 0.1) is 11.6 Å². The Bertz CT molecular complexity index is 1210. The molecule has 4 aromatic rings.